The fraction of sp³-hybridized carbons (Fsp3) is 0. The third-order valence-electron chi connectivity index (χ3n) is 8.87. The molecule has 4 nitrogen and oxygen atoms in total. The fourth-order valence-electron chi connectivity index (χ4n) is 6.52. The van der Waals surface area contributed by atoms with Crippen LogP contribution in [0.1, 0.15) is 0 Å². The number of para-hydroxylation sites is 1. The summed E-state index contributed by atoms with van der Waals surface area (Å²) in [5, 5.41) is 2.12. The molecular weight excluding hydrogens is 585 g/mol. The van der Waals surface area contributed by atoms with Crippen molar-refractivity contribution in [3.05, 3.63) is 170 Å². The molecule has 0 aliphatic carbocycles. The Kier molecular flexibility index (Phi) is 6.76. The van der Waals surface area contributed by atoms with Crippen molar-refractivity contribution in [2.45, 2.75) is 0 Å². The first-order valence-corrected chi connectivity index (χ1v) is 16.1. The van der Waals surface area contributed by atoms with Crippen LogP contribution in [0, 0.1) is 0 Å². The second-order valence-electron chi connectivity index (χ2n) is 11.8. The van der Waals surface area contributed by atoms with Crippen molar-refractivity contribution >= 4 is 32.8 Å². The number of nitrogens with zero attached hydrogens (tertiary/aromatic N) is 4. The normalized spacial score (nSPS) is 11.3. The highest BCUT2D eigenvalue weighted by Crippen LogP contribution is 2.38. The number of fused-ring (bicyclic) bond motifs is 4. The molecule has 0 N–H and O–H groups in total. The van der Waals surface area contributed by atoms with Gasteiger partial charge in [0.05, 0.1) is 44.8 Å². The third-order valence-corrected chi connectivity index (χ3v) is 8.87. The Bertz CT molecular complexity index is 2600. The van der Waals surface area contributed by atoms with Gasteiger partial charge in [-0.05, 0) is 23.8 Å². The fourth-order valence-corrected chi connectivity index (χ4v) is 6.52. The molecule has 4 heteroatoms. The molecule has 3 aromatic heterocycles. The average Bonchev–Trinajstić information content (AvgIpc) is 3.17. The van der Waals surface area contributed by atoms with E-state index in [0.29, 0.717) is 0 Å². The lowest BCUT2D eigenvalue weighted by Crippen LogP contribution is -1.98. The molecule has 0 aliphatic heterocycles. The first-order valence-electron chi connectivity index (χ1n) is 16.1. The van der Waals surface area contributed by atoms with Crippen LogP contribution in [0.2, 0.25) is 0 Å². The van der Waals surface area contributed by atoms with Crippen LogP contribution in [0.5, 0.6) is 0 Å². The highest BCUT2D eigenvalue weighted by molar-refractivity contribution is 6.05. The van der Waals surface area contributed by atoms with Gasteiger partial charge >= 0.3 is 0 Å². The maximum atomic E-state index is 5.37. The van der Waals surface area contributed by atoms with Crippen molar-refractivity contribution in [1.82, 2.24) is 19.9 Å². The summed E-state index contributed by atoms with van der Waals surface area (Å²) in [6.45, 7) is 0. The Morgan fingerprint density at radius 1 is 0.271 bits per heavy atom. The number of rotatable bonds is 5. The second kappa shape index (κ2) is 11.7. The molecule has 9 aromatic rings. The van der Waals surface area contributed by atoms with Crippen LogP contribution in [-0.4, -0.2) is 19.9 Å². The van der Waals surface area contributed by atoms with Gasteiger partial charge in [0, 0.05) is 38.6 Å². The summed E-state index contributed by atoms with van der Waals surface area (Å²) < 4.78 is 0. The highest BCUT2D eigenvalue weighted by atomic mass is 14.8. The van der Waals surface area contributed by atoms with Gasteiger partial charge in [0.1, 0.15) is 0 Å². The van der Waals surface area contributed by atoms with Crippen LogP contribution in [0.25, 0.3) is 89.0 Å². The summed E-state index contributed by atoms with van der Waals surface area (Å²) in [5.41, 5.74) is 13.2. The molecule has 0 atom stereocenters. The first-order chi connectivity index (χ1) is 23.8. The summed E-state index contributed by atoms with van der Waals surface area (Å²) in [6.07, 6.45) is 0. The van der Waals surface area contributed by atoms with Gasteiger partial charge in [-0.1, -0.05) is 152 Å². The Morgan fingerprint density at radius 3 is 1.40 bits per heavy atom. The van der Waals surface area contributed by atoms with E-state index in [2.05, 4.69) is 109 Å². The number of pyridine rings is 2. The minimum atomic E-state index is 0.843. The van der Waals surface area contributed by atoms with E-state index in [1.165, 1.54) is 0 Å². The van der Waals surface area contributed by atoms with E-state index in [-0.39, 0.29) is 0 Å². The van der Waals surface area contributed by atoms with Gasteiger partial charge < -0.3 is 0 Å². The molecule has 0 radical (unpaired) electrons. The molecule has 0 unspecified atom stereocenters. The average molecular weight is 613 g/mol. The zero-order chi connectivity index (χ0) is 31.9. The lowest BCUT2D eigenvalue weighted by molar-refractivity contribution is 1.29. The van der Waals surface area contributed by atoms with Gasteiger partial charge in [0.2, 0.25) is 0 Å². The maximum Gasteiger partial charge on any atom is 0.0973 e. The molecule has 0 aliphatic rings. The largest absolute Gasteiger partial charge is 0.245 e. The number of aromatic nitrogens is 4. The molecule has 3 heterocycles. The van der Waals surface area contributed by atoms with Crippen molar-refractivity contribution in [3.8, 4) is 56.2 Å². The van der Waals surface area contributed by atoms with E-state index in [1.54, 1.807) is 0 Å². The molecule has 0 fully saturated rings. The van der Waals surface area contributed by atoms with Gasteiger partial charge in [-0.25, -0.2) is 19.9 Å². The topological polar surface area (TPSA) is 51.6 Å². The first kappa shape index (κ1) is 27.8. The van der Waals surface area contributed by atoms with Crippen LogP contribution in [0.4, 0.5) is 0 Å². The summed E-state index contributed by atoms with van der Waals surface area (Å²) in [4.78, 5) is 21.0. The van der Waals surface area contributed by atoms with Crippen molar-refractivity contribution in [2.75, 3.05) is 0 Å². The Balaban J connectivity index is 1.24. The van der Waals surface area contributed by atoms with Crippen LogP contribution < -0.4 is 0 Å². The zero-order valence-corrected chi connectivity index (χ0v) is 26.0. The molecule has 224 valence electrons. The Hall–Kier alpha value is -6.52. The predicted octanol–water partition coefficient (Wildman–Crippen LogP) is 11.1. The monoisotopic (exact) mass is 612 g/mol. The molecule has 0 bridgehead atoms. The highest BCUT2D eigenvalue weighted by Gasteiger charge is 2.18. The predicted molar refractivity (Wildman–Crippen MR) is 197 cm³/mol. The Morgan fingerprint density at radius 2 is 0.750 bits per heavy atom. The van der Waals surface area contributed by atoms with Crippen LogP contribution in [-0.2, 0) is 0 Å². The molecule has 0 saturated heterocycles. The standard InChI is InChI=1S/C44H28N4/c1-4-13-29(14-5-1)37-27-25-32-23-24-33-26-28-38(46-42(33)41(32)45-37)35-20-11-10-19-34(35)36-21-12-22-39-44(36)48-43(31-17-8-3-9-18-31)40(47-39)30-15-6-2-7-16-30/h1-28H. The summed E-state index contributed by atoms with van der Waals surface area (Å²) in [6, 6.07) is 58.3. The quantitative estimate of drug-likeness (QED) is 0.181. The molecule has 0 saturated carbocycles. The molecule has 6 aromatic carbocycles. The van der Waals surface area contributed by atoms with Crippen LogP contribution in [0.15, 0.2) is 170 Å². The molecule has 9 rings (SSSR count). The minimum absolute atomic E-state index is 0.843. The lowest BCUT2D eigenvalue weighted by atomic mass is 9.95. The van der Waals surface area contributed by atoms with E-state index < -0.39 is 0 Å². The lowest BCUT2D eigenvalue weighted by Gasteiger charge is -2.15. The van der Waals surface area contributed by atoms with Gasteiger partial charge in [-0.3, -0.25) is 0 Å². The van der Waals surface area contributed by atoms with Crippen LogP contribution >= 0.6 is 0 Å². The van der Waals surface area contributed by atoms with E-state index in [4.69, 9.17) is 19.9 Å². The molecule has 0 amide bonds. The van der Waals surface area contributed by atoms with E-state index in [1.807, 2.05) is 60.7 Å². The summed E-state index contributed by atoms with van der Waals surface area (Å²) in [5.74, 6) is 0. The van der Waals surface area contributed by atoms with Gasteiger partial charge in [-0.15, -0.1) is 0 Å². The maximum absolute atomic E-state index is 5.37. The summed E-state index contributed by atoms with van der Waals surface area (Å²) in [7, 11) is 0. The van der Waals surface area contributed by atoms with Crippen molar-refractivity contribution in [2.24, 2.45) is 0 Å². The van der Waals surface area contributed by atoms with Gasteiger partial charge in [0.25, 0.3) is 0 Å². The number of benzene rings is 6. The van der Waals surface area contributed by atoms with Crippen molar-refractivity contribution in [1.29, 1.82) is 0 Å². The molecular formula is C44H28N4. The van der Waals surface area contributed by atoms with Crippen LogP contribution in [0.3, 0.4) is 0 Å². The minimum Gasteiger partial charge on any atom is -0.245 e. The molecule has 48 heavy (non-hydrogen) atoms. The SMILES string of the molecule is c1ccc(-c2ccc3ccc4ccc(-c5ccccc5-c5cccc6nc(-c7ccccc7)c(-c7ccccc7)nc56)nc4c3n2)cc1. The Labute approximate surface area is 278 Å². The van der Waals surface area contributed by atoms with E-state index >= 15 is 0 Å². The van der Waals surface area contributed by atoms with Crippen molar-refractivity contribution in [3.63, 3.8) is 0 Å². The smallest absolute Gasteiger partial charge is 0.0973 e. The van der Waals surface area contributed by atoms with Crippen molar-refractivity contribution < 1.29 is 0 Å². The zero-order valence-electron chi connectivity index (χ0n) is 26.0. The van der Waals surface area contributed by atoms with E-state index in [9.17, 15) is 0 Å². The number of hydrogen-bond acceptors (Lipinski definition) is 4. The second-order valence-corrected chi connectivity index (χ2v) is 11.8. The van der Waals surface area contributed by atoms with Gasteiger partial charge in [-0.2, -0.15) is 0 Å². The third kappa shape index (κ3) is 4.88. The number of hydrogen-bond donors (Lipinski definition) is 0. The van der Waals surface area contributed by atoms with E-state index in [0.717, 1.165) is 89.0 Å². The summed E-state index contributed by atoms with van der Waals surface area (Å²) >= 11 is 0. The molecule has 0 spiro atoms. The van der Waals surface area contributed by atoms with Gasteiger partial charge in [0.15, 0.2) is 0 Å².